The van der Waals surface area contributed by atoms with Gasteiger partial charge in [-0.2, -0.15) is 0 Å². The fraction of sp³-hybridized carbons (Fsp3) is 0.294. The van der Waals surface area contributed by atoms with E-state index in [1.54, 1.807) is 20.8 Å². The van der Waals surface area contributed by atoms with Crippen LogP contribution in [0.5, 0.6) is 0 Å². The molecule has 0 aliphatic rings. The molecular formula is C17H18ClFN2O4. The number of nitrogens with one attached hydrogen (secondary N) is 2. The minimum atomic E-state index is -0.732. The van der Waals surface area contributed by atoms with Gasteiger partial charge in [0.1, 0.15) is 11.5 Å². The highest BCUT2D eigenvalue weighted by Gasteiger charge is 2.21. The van der Waals surface area contributed by atoms with Gasteiger partial charge in [0.2, 0.25) is 0 Å². The number of carbonyl (C=O) groups excluding carboxylic acids is 2. The first-order valence-corrected chi connectivity index (χ1v) is 7.87. The largest absolute Gasteiger partial charge is 0.451 e. The van der Waals surface area contributed by atoms with Crippen LogP contribution in [-0.2, 0) is 9.53 Å². The number of ether oxygens (including phenoxy) is 1. The van der Waals surface area contributed by atoms with Crippen LogP contribution in [0.15, 0.2) is 18.2 Å². The fourth-order valence-corrected chi connectivity index (χ4v) is 2.75. The number of aliphatic hydroxyl groups excluding tert-OH is 1. The first-order valence-electron chi connectivity index (χ1n) is 7.49. The Kier molecular flexibility index (Phi) is 5.81. The molecule has 0 bridgehead atoms. The molecule has 2 aromatic rings. The number of aryl methyl sites for hydroxylation is 1. The number of aliphatic hydroxyl groups is 1. The number of benzene rings is 1. The summed E-state index contributed by atoms with van der Waals surface area (Å²) in [4.78, 5) is 26.8. The van der Waals surface area contributed by atoms with Crippen LogP contribution < -0.4 is 5.32 Å². The zero-order valence-corrected chi connectivity index (χ0v) is 14.7. The molecule has 6 nitrogen and oxygen atoms in total. The molecule has 1 aromatic carbocycles. The molecule has 0 unspecified atom stereocenters. The minimum absolute atomic E-state index is 0.127. The van der Waals surface area contributed by atoms with E-state index in [1.807, 2.05) is 0 Å². The van der Waals surface area contributed by atoms with Crippen molar-refractivity contribution in [1.82, 2.24) is 4.98 Å². The van der Waals surface area contributed by atoms with Gasteiger partial charge in [-0.15, -0.1) is 0 Å². The molecule has 2 rings (SSSR count). The highest BCUT2D eigenvalue weighted by Crippen LogP contribution is 2.25. The second-order valence-electron chi connectivity index (χ2n) is 5.59. The summed E-state index contributed by atoms with van der Waals surface area (Å²) in [5, 5.41) is 12.1. The molecule has 3 N–H and O–H groups in total. The van der Waals surface area contributed by atoms with Crippen LogP contribution in [0.1, 0.15) is 40.3 Å². The van der Waals surface area contributed by atoms with Gasteiger partial charge in [0.25, 0.3) is 5.91 Å². The molecule has 0 saturated carbocycles. The molecule has 0 saturated heterocycles. The molecule has 25 heavy (non-hydrogen) atoms. The summed E-state index contributed by atoms with van der Waals surface area (Å²) in [7, 11) is 0. The van der Waals surface area contributed by atoms with Gasteiger partial charge < -0.3 is 20.1 Å². The van der Waals surface area contributed by atoms with Crippen molar-refractivity contribution >= 4 is 29.2 Å². The van der Waals surface area contributed by atoms with E-state index < -0.39 is 30.4 Å². The van der Waals surface area contributed by atoms with Crippen molar-refractivity contribution in [3.63, 3.8) is 0 Å². The molecule has 8 heteroatoms. The maximum absolute atomic E-state index is 13.1. The number of amides is 1. The predicted octanol–water partition coefficient (Wildman–Crippen LogP) is 3.27. The van der Waals surface area contributed by atoms with Gasteiger partial charge in [0.15, 0.2) is 6.61 Å². The zero-order valence-electron chi connectivity index (χ0n) is 13.9. The van der Waals surface area contributed by atoms with Gasteiger partial charge in [0, 0.05) is 16.9 Å². The average molecular weight is 369 g/mol. The summed E-state index contributed by atoms with van der Waals surface area (Å²) in [6.45, 7) is 4.49. The Morgan fingerprint density at radius 2 is 2.08 bits per heavy atom. The van der Waals surface area contributed by atoms with Crippen LogP contribution in [0.25, 0.3) is 0 Å². The van der Waals surface area contributed by atoms with Crippen molar-refractivity contribution in [2.45, 2.75) is 26.9 Å². The number of esters is 1. The molecule has 1 amide bonds. The number of aromatic amines is 1. The lowest BCUT2D eigenvalue weighted by atomic mass is 10.1. The van der Waals surface area contributed by atoms with Gasteiger partial charge in [-0.1, -0.05) is 11.6 Å². The standard InChI is InChI=1S/C17H18ClFN2O4/c1-8-15(10(3)22)9(2)20-16(8)17(24)25-7-14(23)21-11-4-5-13(19)12(18)6-11/h4-6,10,20,22H,7H2,1-3H3,(H,21,23)/t10-/m0/s1. The lowest BCUT2D eigenvalue weighted by Gasteiger charge is -2.08. The van der Waals surface area contributed by atoms with E-state index in [1.165, 1.54) is 12.1 Å². The third kappa shape index (κ3) is 4.37. The highest BCUT2D eigenvalue weighted by molar-refractivity contribution is 6.31. The number of hydrogen-bond donors (Lipinski definition) is 3. The number of H-pyrrole nitrogens is 1. The SMILES string of the molecule is Cc1[nH]c(C(=O)OCC(=O)Nc2ccc(F)c(Cl)c2)c(C)c1[C@H](C)O. The van der Waals surface area contributed by atoms with Crippen molar-refractivity contribution in [2.75, 3.05) is 11.9 Å². The Hall–Kier alpha value is -2.38. The van der Waals surface area contributed by atoms with Gasteiger partial charge >= 0.3 is 5.97 Å². The van der Waals surface area contributed by atoms with Gasteiger partial charge in [-0.25, -0.2) is 9.18 Å². The smallest absolute Gasteiger partial charge is 0.355 e. The quantitative estimate of drug-likeness (QED) is 0.706. The first kappa shape index (κ1) is 19.0. The molecule has 1 aromatic heterocycles. The molecule has 1 atom stereocenters. The van der Waals surface area contributed by atoms with Gasteiger partial charge in [-0.3, -0.25) is 4.79 Å². The third-order valence-electron chi connectivity index (χ3n) is 3.66. The molecule has 134 valence electrons. The Morgan fingerprint density at radius 3 is 2.64 bits per heavy atom. The van der Waals surface area contributed by atoms with Crippen molar-refractivity contribution < 1.29 is 23.8 Å². The second-order valence-corrected chi connectivity index (χ2v) is 6.00. The number of halogens is 2. The van der Waals surface area contributed by atoms with Crippen LogP contribution in [0.4, 0.5) is 10.1 Å². The van der Waals surface area contributed by atoms with E-state index in [-0.39, 0.29) is 16.4 Å². The summed E-state index contributed by atoms with van der Waals surface area (Å²) in [6.07, 6.45) is -0.732. The maximum Gasteiger partial charge on any atom is 0.355 e. The maximum atomic E-state index is 13.1. The number of aromatic nitrogens is 1. The fourth-order valence-electron chi connectivity index (χ4n) is 2.57. The zero-order chi connectivity index (χ0) is 18.7. The predicted molar refractivity (Wildman–Crippen MR) is 91.2 cm³/mol. The van der Waals surface area contributed by atoms with Gasteiger partial charge in [-0.05, 0) is 44.5 Å². The van der Waals surface area contributed by atoms with Crippen LogP contribution in [0, 0.1) is 19.7 Å². The molecule has 0 radical (unpaired) electrons. The van der Waals surface area contributed by atoms with Crippen molar-refractivity contribution in [2.24, 2.45) is 0 Å². The van der Waals surface area contributed by atoms with Crippen molar-refractivity contribution in [1.29, 1.82) is 0 Å². The molecule has 0 fully saturated rings. The van der Waals surface area contributed by atoms with E-state index in [4.69, 9.17) is 16.3 Å². The summed E-state index contributed by atoms with van der Waals surface area (Å²) in [5.74, 6) is -1.90. The lowest BCUT2D eigenvalue weighted by molar-refractivity contribution is -0.119. The van der Waals surface area contributed by atoms with E-state index in [9.17, 15) is 19.1 Å². The number of anilines is 1. The minimum Gasteiger partial charge on any atom is -0.451 e. The normalized spacial score (nSPS) is 11.9. The monoisotopic (exact) mass is 368 g/mol. The third-order valence-corrected chi connectivity index (χ3v) is 3.94. The van der Waals surface area contributed by atoms with Crippen LogP contribution in [0.3, 0.4) is 0 Å². The lowest BCUT2D eigenvalue weighted by Crippen LogP contribution is -2.21. The Morgan fingerprint density at radius 1 is 1.40 bits per heavy atom. The van der Waals surface area contributed by atoms with E-state index in [0.29, 0.717) is 16.8 Å². The number of carbonyl (C=O) groups is 2. The molecule has 0 spiro atoms. The molecular weight excluding hydrogens is 351 g/mol. The molecule has 1 heterocycles. The molecule has 0 aliphatic heterocycles. The molecule has 0 aliphatic carbocycles. The van der Waals surface area contributed by atoms with Crippen LogP contribution >= 0.6 is 11.6 Å². The Balaban J connectivity index is 1.99. The summed E-state index contributed by atoms with van der Waals surface area (Å²) in [6, 6.07) is 3.71. The van der Waals surface area contributed by atoms with Gasteiger partial charge in [0.05, 0.1) is 11.1 Å². The van der Waals surface area contributed by atoms with Crippen molar-refractivity contribution in [3.05, 3.63) is 51.6 Å². The topological polar surface area (TPSA) is 91.4 Å². The summed E-state index contributed by atoms with van der Waals surface area (Å²) >= 11 is 5.63. The van der Waals surface area contributed by atoms with E-state index in [2.05, 4.69) is 10.3 Å². The second kappa shape index (κ2) is 7.67. The van der Waals surface area contributed by atoms with E-state index >= 15 is 0 Å². The average Bonchev–Trinajstić information content (AvgIpc) is 2.83. The number of hydrogen-bond acceptors (Lipinski definition) is 4. The van der Waals surface area contributed by atoms with E-state index in [0.717, 1.165) is 6.07 Å². The number of rotatable bonds is 5. The summed E-state index contributed by atoms with van der Waals surface area (Å²) in [5.41, 5.74) is 2.33. The van der Waals surface area contributed by atoms with Crippen LogP contribution in [-0.4, -0.2) is 28.6 Å². The summed E-state index contributed by atoms with van der Waals surface area (Å²) < 4.78 is 18.0. The highest BCUT2D eigenvalue weighted by atomic mass is 35.5. The first-order chi connectivity index (χ1) is 11.7. The van der Waals surface area contributed by atoms with Crippen LogP contribution in [0.2, 0.25) is 5.02 Å². The van der Waals surface area contributed by atoms with Crippen molar-refractivity contribution in [3.8, 4) is 0 Å². The Labute approximate surface area is 149 Å². The Bertz CT molecular complexity index is 817.